The molecule has 1 rings (SSSR count). The highest BCUT2D eigenvalue weighted by molar-refractivity contribution is 7.98. The number of carboxylic acids is 1. The Morgan fingerprint density at radius 1 is 1.71 bits per heavy atom. The van der Waals surface area contributed by atoms with Crippen LogP contribution in [0.4, 0.5) is 0 Å². The monoisotopic (exact) mass is 213 g/mol. The Bertz CT molecular complexity index is 309. The molecule has 0 radical (unpaired) electrons. The predicted octanol–water partition coefficient (Wildman–Crippen LogP) is 2.50. The highest BCUT2D eigenvalue weighted by Gasteiger charge is 2.14. The quantitative estimate of drug-likeness (QED) is 0.817. The van der Waals surface area contributed by atoms with Crippen LogP contribution in [0.1, 0.15) is 29.9 Å². The van der Waals surface area contributed by atoms with Crippen LogP contribution >= 0.6 is 11.8 Å². The summed E-state index contributed by atoms with van der Waals surface area (Å²) < 4.78 is 1.85. The standard InChI is InChI=1S/C10H15NO2S/c1-3-8(7-14-2)11-6-4-5-9(11)10(12)13/h4-6,8H,3,7H2,1-2H3,(H,12,13). The zero-order valence-electron chi connectivity index (χ0n) is 8.43. The van der Waals surface area contributed by atoms with Gasteiger partial charge in [-0.1, -0.05) is 6.92 Å². The maximum absolute atomic E-state index is 10.9. The second-order valence-corrected chi connectivity index (χ2v) is 4.03. The molecule has 0 aliphatic carbocycles. The molecule has 1 aromatic heterocycles. The molecule has 0 saturated heterocycles. The van der Waals surface area contributed by atoms with E-state index in [2.05, 4.69) is 6.92 Å². The van der Waals surface area contributed by atoms with E-state index >= 15 is 0 Å². The summed E-state index contributed by atoms with van der Waals surface area (Å²) >= 11 is 1.74. The first-order chi connectivity index (χ1) is 6.70. The molecule has 0 fully saturated rings. The summed E-state index contributed by atoms with van der Waals surface area (Å²) in [5.41, 5.74) is 0.380. The predicted molar refractivity (Wildman–Crippen MR) is 59.1 cm³/mol. The average molecular weight is 213 g/mol. The van der Waals surface area contributed by atoms with E-state index in [-0.39, 0.29) is 6.04 Å². The van der Waals surface area contributed by atoms with Crippen molar-refractivity contribution in [2.75, 3.05) is 12.0 Å². The first-order valence-corrected chi connectivity index (χ1v) is 5.99. The van der Waals surface area contributed by atoms with Gasteiger partial charge < -0.3 is 9.67 Å². The molecule has 1 atom stereocenters. The largest absolute Gasteiger partial charge is 0.477 e. The Morgan fingerprint density at radius 3 is 2.93 bits per heavy atom. The van der Waals surface area contributed by atoms with E-state index in [0.717, 1.165) is 12.2 Å². The van der Waals surface area contributed by atoms with E-state index in [1.165, 1.54) is 0 Å². The number of aromatic carboxylic acids is 1. The molecule has 1 heterocycles. The third-order valence-corrected chi connectivity index (χ3v) is 2.94. The lowest BCUT2D eigenvalue weighted by Gasteiger charge is -2.17. The van der Waals surface area contributed by atoms with E-state index in [1.807, 2.05) is 17.0 Å². The van der Waals surface area contributed by atoms with Crippen molar-refractivity contribution in [2.45, 2.75) is 19.4 Å². The van der Waals surface area contributed by atoms with Gasteiger partial charge >= 0.3 is 5.97 Å². The highest BCUT2D eigenvalue weighted by Crippen LogP contribution is 2.19. The van der Waals surface area contributed by atoms with Crippen molar-refractivity contribution in [3.8, 4) is 0 Å². The Morgan fingerprint density at radius 2 is 2.43 bits per heavy atom. The molecule has 0 aliphatic rings. The molecular weight excluding hydrogens is 198 g/mol. The van der Waals surface area contributed by atoms with Crippen molar-refractivity contribution in [1.82, 2.24) is 4.57 Å². The molecule has 0 saturated carbocycles. The molecule has 3 nitrogen and oxygen atoms in total. The Labute approximate surface area is 88.1 Å². The minimum Gasteiger partial charge on any atom is -0.477 e. The number of rotatable bonds is 5. The van der Waals surface area contributed by atoms with Gasteiger partial charge in [-0.3, -0.25) is 0 Å². The summed E-state index contributed by atoms with van der Waals surface area (Å²) in [7, 11) is 0. The summed E-state index contributed by atoms with van der Waals surface area (Å²) in [5, 5.41) is 8.94. The van der Waals surface area contributed by atoms with Gasteiger partial charge in [0.25, 0.3) is 0 Å². The molecule has 0 spiro atoms. The van der Waals surface area contributed by atoms with Crippen LogP contribution in [0.3, 0.4) is 0 Å². The molecule has 0 bridgehead atoms. The van der Waals surface area contributed by atoms with E-state index in [1.54, 1.807) is 23.9 Å². The summed E-state index contributed by atoms with van der Waals surface area (Å²) in [5.74, 6) is 0.0976. The molecule has 14 heavy (non-hydrogen) atoms. The van der Waals surface area contributed by atoms with Crippen molar-refractivity contribution in [1.29, 1.82) is 0 Å². The third-order valence-electron chi connectivity index (χ3n) is 2.22. The molecule has 1 unspecified atom stereocenters. The van der Waals surface area contributed by atoms with Crippen molar-refractivity contribution >= 4 is 17.7 Å². The van der Waals surface area contributed by atoms with Crippen LogP contribution in [-0.2, 0) is 0 Å². The van der Waals surface area contributed by atoms with E-state index in [9.17, 15) is 4.79 Å². The number of nitrogens with zero attached hydrogens (tertiary/aromatic N) is 1. The van der Waals surface area contributed by atoms with Crippen LogP contribution < -0.4 is 0 Å². The van der Waals surface area contributed by atoms with Crippen LogP contribution in [0.2, 0.25) is 0 Å². The topological polar surface area (TPSA) is 42.2 Å². The summed E-state index contributed by atoms with van der Waals surface area (Å²) in [4.78, 5) is 10.9. The van der Waals surface area contributed by atoms with Crippen LogP contribution in [0.5, 0.6) is 0 Å². The number of hydrogen-bond donors (Lipinski definition) is 1. The van der Waals surface area contributed by atoms with Gasteiger partial charge in [0.1, 0.15) is 5.69 Å². The fraction of sp³-hybridized carbons (Fsp3) is 0.500. The maximum atomic E-state index is 10.9. The normalized spacial score (nSPS) is 12.7. The Balaban J connectivity index is 2.91. The molecular formula is C10H15NO2S. The fourth-order valence-corrected chi connectivity index (χ4v) is 2.26. The average Bonchev–Trinajstić information content (AvgIpc) is 2.62. The Kier molecular flexibility index (Phi) is 4.07. The van der Waals surface area contributed by atoms with E-state index < -0.39 is 5.97 Å². The summed E-state index contributed by atoms with van der Waals surface area (Å²) in [6.07, 6.45) is 4.83. The van der Waals surface area contributed by atoms with Crippen LogP contribution in [0.25, 0.3) is 0 Å². The lowest BCUT2D eigenvalue weighted by Crippen LogP contribution is -2.15. The molecule has 78 valence electrons. The first kappa shape index (κ1) is 11.2. The van der Waals surface area contributed by atoms with Crippen molar-refractivity contribution in [3.05, 3.63) is 24.0 Å². The zero-order valence-corrected chi connectivity index (χ0v) is 9.25. The van der Waals surface area contributed by atoms with E-state index in [0.29, 0.717) is 5.69 Å². The first-order valence-electron chi connectivity index (χ1n) is 4.59. The molecule has 0 aliphatic heterocycles. The number of carboxylic acid groups (broad SMARTS) is 1. The van der Waals surface area contributed by atoms with Crippen molar-refractivity contribution in [2.24, 2.45) is 0 Å². The number of hydrogen-bond acceptors (Lipinski definition) is 2. The van der Waals surface area contributed by atoms with E-state index in [4.69, 9.17) is 5.11 Å². The minimum absolute atomic E-state index is 0.283. The smallest absolute Gasteiger partial charge is 0.352 e. The van der Waals surface area contributed by atoms with Gasteiger partial charge in [-0.2, -0.15) is 11.8 Å². The number of aromatic nitrogens is 1. The second-order valence-electron chi connectivity index (χ2n) is 3.12. The van der Waals surface area contributed by atoms with Crippen LogP contribution in [0.15, 0.2) is 18.3 Å². The summed E-state index contributed by atoms with van der Waals surface area (Å²) in [6, 6.07) is 3.71. The highest BCUT2D eigenvalue weighted by atomic mass is 32.2. The maximum Gasteiger partial charge on any atom is 0.352 e. The van der Waals surface area contributed by atoms with Crippen LogP contribution in [0, 0.1) is 0 Å². The minimum atomic E-state index is -0.852. The van der Waals surface area contributed by atoms with Gasteiger partial charge in [0, 0.05) is 18.0 Å². The van der Waals surface area contributed by atoms with Gasteiger partial charge in [-0.15, -0.1) is 0 Å². The van der Waals surface area contributed by atoms with Gasteiger partial charge in [0.05, 0.1) is 0 Å². The molecule has 4 heteroatoms. The lowest BCUT2D eigenvalue weighted by atomic mass is 10.2. The van der Waals surface area contributed by atoms with Gasteiger partial charge in [-0.05, 0) is 24.8 Å². The SMILES string of the molecule is CCC(CSC)n1cccc1C(=O)O. The second kappa shape index (κ2) is 5.10. The van der Waals surface area contributed by atoms with Gasteiger partial charge in [0.2, 0.25) is 0 Å². The van der Waals surface area contributed by atoms with Crippen molar-refractivity contribution < 1.29 is 9.90 Å². The molecule has 0 aromatic carbocycles. The zero-order chi connectivity index (χ0) is 10.6. The number of carbonyl (C=O) groups is 1. The Hall–Kier alpha value is -0.900. The molecule has 1 N–H and O–H groups in total. The summed E-state index contributed by atoms with van der Waals surface area (Å²) in [6.45, 7) is 2.08. The van der Waals surface area contributed by atoms with Crippen molar-refractivity contribution in [3.63, 3.8) is 0 Å². The van der Waals surface area contributed by atoms with Gasteiger partial charge in [0.15, 0.2) is 0 Å². The van der Waals surface area contributed by atoms with Gasteiger partial charge in [-0.25, -0.2) is 4.79 Å². The third kappa shape index (κ3) is 2.32. The fourth-order valence-electron chi connectivity index (χ4n) is 1.48. The number of thioether (sulfide) groups is 1. The van der Waals surface area contributed by atoms with Crippen LogP contribution in [-0.4, -0.2) is 27.7 Å². The molecule has 0 amide bonds. The lowest BCUT2D eigenvalue weighted by molar-refractivity contribution is 0.0683. The molecule has 1 aromatic rings.